The summed E-state index contributed by atoms with van der Waals surface area (Å²) >= 11 is 3.51. The van der Waals surface area contributed by atoms with Crippen molar-refractivity contribution in [3.05, 3.63) is 40.5 Å². The van der Waals surface area contributed by atoms with Crippen LogP contribution in [0.5, 0.6) is 0 Å². The van der Waals surface area contributed by atoms with Crippen molar-refractivity contribution < 1.29 is 0 Å². The molecule has 3 nitrogen and oxygen atoms in total. The molecule has 104 valence electrons. The highest BCUT2D eigenvalue weighted by Gasteiger charge is 2.08. The zero-order valence-corrected chi connectivity index (χ0v) is 12.9. The number of aromatic nitrogens is 1. The minimum Gasteiger partial charge on any atom is -0.396 e. The quantitative estimate of drug-likeness (QED) is 0.811. The van der Waals surface area contributed by atoms with E-state index in [4.69, 9.17) is 5.73 Å². The number of pyridine rings is 1. The molecule has 1 aromatic carbocycles. The fraction of sp³-hybridized carbons (Fsp3) is 0.312. The van der Waals surface area contributed by atoms with Crippen LogP contribution in [-0.2, 0) is 0 Å². The van der Waals surface area contributed by atoms with Crippen LogP contribution in [0.15, 0.2) is 40.5 Å². The van der Waals surface area contributed by atoms with Gasteiger partial charge in [-0.05, 0) is 43.9 Å². The van der Waals surface area contributed by atoms with E-state index in [1.54, 1.807) is 11.8 Å². The molecule has 4 heteroatoms. The molecule has 3 N–H and O–H groups in total. The standard InChI is InChI=1S/C16H18BrN3/c17-12-5-6-15-13(9-12)16(14(18)10-20-15)19-8-7-11-3-1-2-4-11/h3,5-6,9-10H,1-2,4,7-8,18H2,(H,19,20). The normalized spacial score (nSPS) is 14.6. The van der Waals surface area contributed by atoms with Gasteiger partial charge in [0.15, 0.2) is 0 Å². The van der Waals surface area contributed by atoms with E-state index < -0.39 is 0 Å². The Bertz CT molecular complexity index is 659. The molecule has 20 heavy (non-hydrogen) atoms. The third-order valence-electron chi connectivity index (χ3n) is 3.74. The Kier molecular flexibility index (Phi) is 3.92. The molecule has 2 aromatic rings. The number of fused-ring (bicyclic) bond motifs is 1. The molecule has 1 aromatic heterocycles. The molecule has 0 aliphatic heterocycles. The Balaban J connectivity index is 1.82. The average molecular weight is 332 g/mol. The van der Waals surface area contributed by atoms with Crippen LogP contribution >= 0.6 is 15.9 Å². The molecule has 0 saturated carbocycles. The number of allylic oxidation sites excluding steroid dienone is 1. The van der Waals surface area contributed by atoms with Crippen LogP contribution in [0.25, 0.3) is 10.9 Å². The number of halogens is 1. The van der Waals surface area contributed by atoms with E-state index in [1.165, 1.54) is 19.3 Å². The van der Waals surface area contributed by atoms with E-state index in [9.17, 15) is 0 Å². The van der Waals surface area contributed by atoms with Gasteiger partial charge in [0.2, 0.25) is 0 Å². The summed E-state index contributed by atoms with van der Waals surface area (Å²) in [7, 11) is 0. The summed E-state index contributed by atoms with van der Waals surface area (Å²) in [6.45, 7) is 0.918. The second-order valence-corrected chi connectivity index (χ2v) is 6.10. The smallest absolute Gasteiger partial charge is 0.0743 e. The average Bonchev–Trinajstić information content (AvgIpc) is 2.94. The van der Waals surface area contributed by atoms with Gasteiger partial charge in [0.25, 0.3) is 0 Å². The molecule has 0 fully saturated rings. The Morgan fingerprint density at radius 2 is 2.25 bits per heavy atom. The number of nitrogen functional groups attached to an aromatic ring is 1. The first kappa shape index (κ1) is 13.4. The Labute approximate surface area is 127 Å². The largest absolute Gasteiger partial charge is 0.396 e. The first-order valence-electron chi connectivity index (χ1n) is 6.99. The lowest BCUT2D eigenvalue weighted by Gasteiger charge is -2.12. The molecule has 0 spiro atoms. The second kappa shape index (κ2) is 5.83. The van der Waals surface area contributed by atoms with Gasteiger partial charge in [0.05, 0.1) is 23.1 Å². The molecule has 1 aliphatic rings. The van der Waals surface area contributed by atoms with Crippen molar-refractivity contribution in [1.29, 1.82) is 0 Å². The Hall–Kier alpha value is -1.55. The summed E-state index contributed by atoms with van der Waals surface area (Å²) in [5.41, 5.74) is 10.3. The van der Waals surface area contributed by atoms with Gasteiger partial charge in [0.1, 0.15) is 0 Å². The minimum atomic E-state index is 0.705. The summed E-state index contributed by atoms with van der Waals surface area (Å²) in [6.07, 6.45) is 8.99. The minimum absolute atomic E-state index is 0.705. The third kappa shape index (κ3) is 2.80. The number of nitrogens with one attached hydrogen (secondary N) is 1. The monoisotopic (exact) mass is 331 g/mol. The SMILES string of the molecule is Nc1cnc2ccc(Br)cc2c1NCCC1=CCCC1. The molecule has 0 radical (unpaired) electrons. The van der Waals surface area contributed by atoms with Crippen LogP contribution < -0.4 is 11.1 Å². The molecule has 1 heterocycles. The molecule has 0 atom stereocenters. The number of nitrogens with two attached hydrogens (primary N) is 1. The van der Waals surface area contributed by atoms with E-state index in [2.05, 4.69) is 38.4 Å². The maximum atomic E-state index is 6.08. The lowest BCUT2D eigenvalue weighted by Crippen LogP contribution is -2.06. The van der Waals surface area contributed by atoms with E-state index >= 15 is 0 Å². The first-order valence-corrected chi connectivity index (χ1v) is 7.79. The van der Waals surface area contributed by atoms with E-state index in [0.717, 1.165) is 34.0 Å². The number of anilines is 2. The highest BCUT2D eigenvalue weighted by molar-refractivity contribution is 9.10. The molecule has 0 unspecified atom stereocenters. The van der Waals surface area contributed by atoms with Crippen molar-refractivity contribution >= 4 is 38.2 Å². The van der Waals surface area contributed by atoms with Crippen molar-refractivity contribution in [3.8, 4) is 0 Å². The molecule has 0 saturated heterocycles. The fourth-order valence-corrected chi connectivity index (χ4v) is 3.05. The summed E-state index contributed by atoms with van der Waals surface area (Å²) in [4.78, 5) is 4.37. The van der Waals surface area contributed by atoms with E-state index in [0.29, 0.717) is 5.69 Å². The van der Waals surface area contributed by atoms with E-state index in [1.807, 2.05) is 12.1 Å². The molecular weight excluding hydrogens is 314 g/mol. The van der Waals surface area contributed by atoms with Crippen molar-refractivity contribution in [1.82, 2.24) is 4.98 Å². The number of hydrogen-bond donors (Lipinski definition) is 2. The van der Waals surface area contributed by atoms with Gasteiger partial charge in [-0.2, -0.15) is 0 Å². The van der Waals surface area contributed by atoms with Gasteiger partial charge in [-0.25, -0.2) is 0 Å². The van der Waals surface area contributed by atoms with Gasteiger partial charge in [-0.1, -0.05) is 27.6 Å². The topological polar surface area (TPSA) is 50.9 Å². The van der Waals surface area contributed by atoms with Crippen LogP contribution in [0.3, 0.4) is 0 Å². The van der Waals surface area contributed by atoms with Gasteiger partial charge >= 0.3 is 0 Å². The third-order valence-corrected chi connectivity index (χ3v) is 4.24. The van der Waals surface area contributed by atoms with Gasteiger partial charge in [0, 0.05) is 16.4 Å². The van der Waals surface area contributed by atoms with E-state index in [-0.39, 0.29) is 0 Å². The van der Waals surface area contributed by atoms with Gasteiger partial charge in [-0.3, -0.25) is 4.98 Å². The van der Waals surface area contributed by atoms with Crippen molar-refractivity contribution in [2.45, 2.75) is 25.7 Å². The number of rotatable bonds is 4. The van der Waals surface area contributed by atoms with Gasteiger partial charge < -0.3 is 11.1 Å². The lowest BCUT2D eigenvalue weighted by molar-refractivity contribution is 0.864. The summed E-state index contributed by atoms with van der Waals surface area (Å²) in [6, 6.07) is 6.07. The van der Waals surface area contributed by atoms with Crippen molar-refractivity contribution in [2.75, 3.05) is 17.6 Å². The fourth-order valence-electron chi connectivity index (χ4n) is 2.69. The first-order chi connectivity index (χ1) is 9.74. The molecule has 0 bridgehead atoms. The van der Waals surface area contributed by atoms with Crippen LogP contribution in [0, 0.1) is 0 Å². The molecule has 0 amide bonds. The highest BCUT2D eigenvalue weighted by atomic mass is 79.9. The maximum Gasteiger partial charge on any atom is 0.0743 e. The summed E-state index contributed by atoms with van der Waals surface area (Å²) < 4.78 is 1.04. The predicted octanol–water partition coefficient (Wildman–Crippen LogP) is 4.49. The van der Waals surface area contributed by atoms with Crippen LogP contribution in [0.4, 0.5) is 11.4 Å². The van der Waals surface area contributed by atoms with Crippen LogP contribution in [0.1, 0.15) is 25.7 Å². The lowest BCUT2D eigenvalue weighted by atomic mass is 10.1. The second-order valence-electron chi connectivity index (χ2n) is 5.18. The Morgan fingerprint density at radius 1 is 1.35 bits per heavy atom. The highest BCUT2D eigenvalue weighted by Crippen LogP contribution is 2.30. The summed E-state index contributed by atoms with van der Waals surface area (Å²) in [5.74, 6) is 0. The van der Waals surface area contributed by atoms with Crippen LogP contribution in [-0.4, -0.2) is 11.5 Å². The molecular formula is C16H18BrN3. The predicted molar refractivity (Wildman–Crippen MR) is 88.9 cm³/mol. The zero-order valence-electron chi connectivity index (χ0n) is 11.3. The maximum absolute atomic E-state index is 6.08. The molecule has 1 aliphatic carbocycles. The number of nitrogens with zero attached hydrogens (tertiary/aromatic N) is 1. The Morgan fingerprint density at radius 3 is 3.05 bits per heavy atom. The molecule has 3 rings (SSSR count). The number of hydrogen-bond acceptors (Lipinski definition) is 3. The van der Waals surface area contributed by atoms with Crippen LogP contribution in [0.2, 0.25) is 0 Å². The van der Waals surface area contributed by atoms with Crippen molar-refractivity contribution in [3.63, 3.8) is 0 Å². The van der Waals surface area contributed by atoms with Crippen molar-refractivity contribution in [2.24, 2.45) is 0 Å². The zero-order chi connectivity index (χ0) is 13.9. The van der Waals surface area contributed by atoms with Gasteiger partial charge in [-0.15, -0.1) is 0 Å². The number of benzene rings is 1. The summed E-state index contributed by atoms with van der Waals surface area (Å²) in [5, 5.41) is 4.55.